The third-order valence-corrected chi connectivity index (χ3v) is 3.57. The van der Waals surface area contributed by atoms with Crippen LogP contribution in [0.2, 0.25) is 0 Å². The second-order valence-corrected chi connectivity index (χ2v) is 5.03. The highest BCUT2D eigenvalue weighted by molar-refractivity contribution is 5.82. The molecule has 0 aliphatic heterocycles. The van der Waals surface area contributed by atoms with E-state index < -0.39 is 0 Å². The standard InChI is InChI=1S/C13H26N2O/c1-4-6-9-15(11-7-8-11)13(16)12(14)10(3)5-2/h10-12H,4-9,14H2,1-3H3/t10-,12-/m0/s1. The van der Waals surface area contributed by atoms with Crippen LogP contribution in [0.3, 0.4) is 0 Å². The summed E-state index contributed by atoms with van der Waals surface area (Å²) >= 11 is 0. The van der Waals surface area contributed by atoms with Crippen LogP contribution in [0.5, 0.6) is 0 Å². The quantitative estimate of drug-likeness (QED) is 0.723. The van der Waals surface area contributed by atoms with Gasteiger partial charge < -0.3 is 10.6 Å². The van der Waals surface area contributed by atoms with Crippen LogP contribution in [-0.2, 0) is 4.79 Å². The summed E-state index contributed by atoms with van der Waals surface area (Å²) in [5.41, 5.74) is 6.02. The lowest BCUT2D eigenvalue weighted by molar-refractivity contribution is -0.134. The first-order valence-corrected chi connectivity index (χ1v) is 6.67. The zero-order valence-electron chi connectivity index (χ0n) is 10.9. The summed E-state index contributed by atoms with van der Waals surface area (Å²) < 4.78 is 0. The molecule has 1 aliphatic carbocycles. The highest BCUT2D eigenvalue weighted by Gasteiger charge is 2.35. The lowest BCUT2D eigenvalue weighted by Crippen LogP contribution is -2.48. The van der Waals surface area contributed by atoms with E-state index in [0.717, 1.165) is 25.8 Å². The third kappa shape index (κ3) is 3.48. The second kappa shape index (κ2) is 6.24. The van der Waals surface area contributed by atoms with Crippen LogP contribution in [0.1, 0.15) is 52.9 Å². The summed E-state index contributed by atoms with van der Waals surface area (Å²) in [6, 6.07) is 0.191. The number of amides is 1. The van der Waals surface area contributed by atoms with E-state index in [4.69, 9.17) is 5.73 Å². The molecular formula is C13H26N2O. The molecule has 1 rings (SSSR count). The molecular weight excluding hydrogens is 200 g/mol. The molecule has 16 heavy (non-hydrogen) atoms. The Morgan fingerprint density at radius 1 is 1.44 bits per heavy atom. The summed E-state index contributed by atoms with van der Waals surface area (Å²) in [7, 11) is 0. The number of carbonyl (C=O) groups excluding carboxylic acids is 1. The molecule has 3 heteroatoms. The monoisotopic (exact) mass is 226 g/mol. The highest BCUT2D eigenvalue weighted by Crippen LogP contribution is 2.28. The van der Waals surface area contributed by atoms with Gasteiger partial charge in [-0.1, -0.05) is 33.6 Å². The molecule has 3 nitrogen and oxygen atoms in total. The van der Waals surface area contributed by atoms with Crippen LogP contribution >= 0.6 is 0 Å². The van der Waals surface area contributed by atoms with E-state index in [1.54, 1.807) is 0 Å². The molecule has 2 atom stereocenters. The fourth-order valence-corrected chi connectivity index (χ4v) is 1.88. The number of hydrogen-bond acceptors (Lipinski definition) is 2. The first-order valence-electron chi connectivity index (χ1n) is 6.67. The smallest absolute Gasteiger partial charge is 0.240 e. The average molecular weight is 226 g/mol. The summed E-state index contributed by atoms with van der Waals surface area (Å²) in [6.07, 6.45) is 5.54. The maximum atomic E-state index is 12.2. The van der Waals surface area contributed by atoms with Crippen molar-refractivity contribution in [3.8, 4) is 0 Å². The molecule has 1 amide bonds. The SMILES string of the molecule is CCCCN(C(=O)[C@@H](N)[C@@H](C)CC)C1CC1. The molecule has 1 aliphatic rings. The number of nitrogens with two attached hydrogens (primary N) is 1. The van der Waals surface area contributed by atoms with E-state index in [0.29, 0.717) is 6.04 Å². The first-order chi connectivity index (χ1) is 7.61. The molecule has 0 unspecified atom stereocenters. The van der Waals surface area contributed by atoms with E-state index in [1.807, 2.05) is 4.90 Å². The van der Waals surface area contributed by atoms with Crippen molar-refractivity contribution in [1.82, 2.24) is 4.90 Å². The molecule has 0 spiro atoms. The van der Waals surface area contributed by atoms with Gasteiger partial charge >= 0.3 is 0 Å². The summed E-state index contributed by atoms with van der Waals surface area (Å²) in [5.74, 6) is 0.459. The molecule has 94 valence electrons. The van der Waals surface area contributed by atoms with Crippen LogP contribution in [0.15, 0.2) is 0 Å². The van der Waals surface area contributed by atoms with Crippen LogP contribution in [0.25, 0.3) is 0 Å². The number of unbranched alkanes of at least 4 members (excludes halogenated alkanes) is 1. The minimum absolute atomic E-state index is 0.172. The van der Waals surface area contributed by atoms with Crippen molar-refractivity contribution in [2.45, 2.75) is 65.0 Å². The Bertz CT molecular complexity index is 226. The van der Waals surface area contributed by atoms with Crippen molar-refractivity contribution < 1.29 is 4.79 Å². The van der Waals surface area contributed by atoms with Gasteiger partial charge in [0, 0.05) is 12.6 Å². The van der Waals surface area contributed by atoms with Gasteiger partial charge in [-0.05, 0) is 25.2 Å². The fourth-order valence-electron chi connectivity index (χ4n) is 1.88. The van der Waals surface area contributed by atoms with Crippen molar-refractivity contribution in [2.75, 3.05) is 6.54 Å². The van der Waals surface area contributed by atoms with Gasteiger partial charge in [-0.25, -0.2) is 0 Å². The number of nitrogens with zero attached hydrogens (tertiary/aromatic N) is 1. The van der Waals surface area contributed by atoms with E-state index in [2.05, 4.69) is 20.8 Å². The summed E-state index contributed by atoms with van der Waals surface area (Å²) in [5, 5.41) is 0. The highest BCUT2D eigenvalue weighted by atomic mass is 16.2. The Labute approximate surface area is 99.4 Å². The Kier molecular flexibility index (Phi) is 5.26. The van der Waals surface area contributed by atoms with E-state index >= 15 is 0 Å². The largest absolute Gasteiger partial charge is 0.338 e. The van der Waals surface area contributed by atoms with Gasteiger partial charge in [-0.3, -0.25) is 4.79 Å². The maximum Gasteiger partial charge on any atom is 0.240 e. The van der Waals surface area contributed by atoms with Crippen molar-refractivity contribution in [3.63, 3.8) is 0 Å². The lowest BCUT2D eigenvalue weighted by Gasteiger charge is -2.28. The zero-order chi connectivity index (χ0) is 12.1. The van der Waals surface area contributed by atoms with Crippen LogP contribution in [-0.4, -0.2) is 29.4 Å². The Morgan fingerprint density at radius 3 is 2.50 bits per heavy atom. The molecule has 1 fully saturated rings. The van der Waals surface area contributed by atoms with Gasteiger partial charge in [0.2, 0.25) is 5.91 Å². The average Bonchev–Trinajstić information content (AvgIpc) is 3.11. The Hall–Kier alpha value is -0.570. The summed E-state index contributed by atoms with van der Waals surface area (Å²) in [4.78, 5) is 14.3. The molecule has 0 aromatic carbocycles. The van der Waals surface area contributed by atoms with E-state index in [1.165, 1.54) is 12.8 Å². The molecule has 0 radical (unpaired) electrons. The molecule has 0 aromatic rings. The predicted molar refractivity (Wildman–Crippen MR) is 67.1 cm³/mol. The van der Waals surface area contributed by atoms with Gasteiger partial charge in [-0.2, -0.15) is 0 Å². The topological polar surface area (TPSA) is 46.3 Å². The van der Waals surface area contributed by atoms with Gasteiger partial charge in [0.15, 0.2) is 0 Å². The lowest BCUT2D eigenvalue weighted by atomic mass is 9.98. The molecule has 0 bridgehead atoms. The fraction of sp³-hybridized carbons (Fsp3) is 0.923. The van der Waals surface area contributed by atoms with Crippen molar-refractivity contribution in [3.05, 3.63) is 0 Å². The molecule has 0 heterocycles. The Balaban J connectivity index is 2.52. The van der Waals surface area contributed by atoms with Crippen molar-refractivity contribution in [1.29, 1.82) is 0 Å². The number of rotatable bonds is 7. The summed E-state index contributed by atoms with van der Waals surface area (Å²) in [6.45, 7) is 7.20. The molecule has 0 saturated heterocycles. The maximum absolute atomic E-state index is 12.2. The molecule has 2 N–H and O–H groups in total. The van der Waals surface area contributed by atoms with Gasteiger partial charge in [0.25, 0.3) is 0 Å². The number of hydrogen-bond donors (Lipinski definition) is 1. The van der Waals surface area contributed by atoms with Gasteiger partial charge in [-0.15, -0.1) is 0 Å². The van der Waals surface area contributed by atoms with Crippen molar-refractivity contribution >= 4 is 5.91 Å². The van der Waals surface area contributed by atoms with E-state index in [-0.39, 0.29) is 17.9 Å². The Morgan fingerprint density at radius 2 is 2.06 bits per heavy atom. The number of carbonyl (C=O) groups is 1. The van der Waals surface area contributed by atoms with E-state index in [9.17, 15) is 4.79 Å². The minimum atomic E-state index is -0.303. The van der Waals surface area contributed by atoms with Crippen LogP contribution in [0.4, 0.5) is 0 Å². The normalized spacial score (nSPS) is 19.2. The molecule has 1 saturated carbocycles. The molecule has 0 aromatic heterocycles. The van der Waals surface area contributed by atoms with Crippen molar-refractivity contribution in [2.24, 2.45) is 11.7 Å². The van der Waals surface area contributed by atoms with Crippen LogP contribution in [0, 0.1) is 5.92 Å². The minimum Gasteiger partial charge on any atom is -0.338 e. The van der Waals surface area contributed by atoms with Gasteiger partial charge in [0.05, 0.1) is 6.04 Å². The first kappa shape index (κ1) is 13.5. The van der Waals surface area contributed by atoms with Crippen LogP contribution < -0.4 is 5.73 Å². The zero-order valence-corrected chi connectivity index (χ0v) is 10.9. The predicted octanol–water partition coefficient (Wildman–Crippen LogP) is 2.15. The third-order valence-electron chi connectivity index (χ3n) is 3.57. The van der Waals surface area contributed by atoms with Gasteiger partial charge in [0.1, 0.15) is 0 Å². The second-order valence-electron chi connectivity index (χ2n) is 5.03.